The van der Waals surface area contributed by atoms with Gasteiger partial charge >= 0.3 is 0 Å². The second kappa shape index (κ2) is 9.41. The Hall–Kier alpha value is -3.09. The molecule has 6 nitrogen and oxygen atoms in total. The highest BCUT2D eigenvalue weighted by Gasteiger charge is 2.44. The average molecular weight is 398 g/mol. The Balaban J connectivity index is 1.49. The van der Waals surface area contributed by atoms with Crippen molar-refractivity contribution in [1.82, 2.24) is 16.0 Å². The molecule has 1 amide bonds. The van der Waals surface area contributed by atoms with Gasteiger partial charge < -0.3 is 21.1 Å². The van der Waals surface area contributed by atoms with E-state index in [0.717, 1.165) is 24.9 Å². The van der Waals surface area contributed by atoms with E-state index in [2.05, 4.69) is 20.9 Å². The van der Waals surface area contributed by atoms with E-state index in [-0.39, 0.29) is 22.9 Å². The van der Waals surface area contributed by atoms with Gasteiger partial charge in [-0.3, -0.25) is 9.79 Å². The second-order valence-electron chi connectivity index (χ2n) is 7.22. The standard InChI is InChI=1S/C22H27FN4O2/c1-2-24-21(26-13-12-25-20(29)16-6-8-19(28)9-7-16)27-15-22(10-11-22)17-4-3-5-18(23)14-17/h3-9,14,28H,2,10-13,15H2,1H3,(H,25,29)(H2,24,26,27). The number of nitrogens with zero attached hydrogens (tertiary/aromatic N) is 1. The average Bonchev–Trinajstić information content (AvgIpc) is 3.51. The minimum atomic E-state index is -0.216. The van der Waals surface area contributed by atoms with E-state index in [4.69, 9.17) is 0 Å². The molecular weight excluding hydrogens is 371 g/mol. The Labute approximate surface area is 170 Å². The first-order valence-corrected chi connectivity index (χ1v) is 9.88. The third-order valence-electron chi connectivity index (χ3n) is 5.01. The normalized spacial score (nSPS) is 14.9. The Bertz CT molecular complexity index is 863. The number of hydrogen-bond donors (Lipinski definition) is 4. The van der Waals surface area contributed by atoms with Crippen molar-refractivity contribution in [1.29, 1.82) is 0 Å². The number of guanidine groups is 1. The summed E-state index contributed by atoms with van der Waals surface area (Å²) in [6.07, 6.45) is 2.00. The van der Waals surface area contributed by atoms with Crippen LogP contribution in [-0.2, 0) is 5.41 Å². The molecule has 0 atom stereocenters. The molecule has 1 aliphatic rings. The van der Waals surface area contributed by atoms with Crippen LogP contribution in [0.5, 0.6) is 5.75 Å². The summed E-state index contributed by atoms with van der Waals surface area (Å²) in [4.78, 5) is 16.7. The SMILES string of the molecule is CCNC(=NCC1(c2cccc(F)c2)CC1)NCCNC(=O)c1ccc(O)cc1. The van der Waals surface area contributed by atoms with Crippen LogP contribution in [0.4, 0.5) is 4.39 Å². The molecule has 0 bridgehead atoms. The highest BCUT2D eigenvalue weighted by Crippen LogP contribution is 2.48. The van der Waals surface area contributed by atoms with Crippen LogP contribution in [0, 0.1) is 5.82 Å². The van der Waals surface area contributed by atoms with E-state index < -0.39 is 0 Å². The molecule has 0 heterocycles. The molecule has 0 spiro atoms. The van der Waals surface area contributed by atoms with E-state index in [0.29, 0.717) is 31.2 Å². The molecule has 2 aromatic carbocycles. The van der Waals surface area contributed by atoms with Gasteiger partial charge in [0.2, 0.25) is 0 Å². The summed E-state index contributed by atoms with van der Waals surface area (Å²) in [5.74, 6) is 0.388. The highest BCUT2D eigenvalue weighted by atomic mass is 19.1. The quantitative estimate of drug-likeness (QED) is 0.313. The van der Waals surface area contributed by atoms with E-state index in [1.165, 1.54) is 18.2 Å². The van der Waals surface area contributed by atoms with E-state index in [1.54, 1.807) is 24.3 Å². The van der Waals surface area contributed by atoms with Crippen LogP contribution < -0.4 is 16.0 Å². The number of carbonyl (C=O) groups excluding carboxylic acids is 1. The molecule has 3 rings (SSSR count). The number of phenols is 1. The maximum absolute atomic E-state index is 13.6. The molecule has 29 heavy (non-hydrogen) atoms. The predicted molar refractivity (Wildman–Crippen MR) is 112 cm³/mol. The number of nitrogens with one attached hydrogen (secondary N) is 3. The van der Waals surface area contributed by atoms with Crippen molar-refractivity contribution in [3.8, 4) is 5.75 Å². The summed E-state index contributed by atoms with van der Waals surface area (Å²) < 4.78 is 13.6. The Kier molecular flexibility index (Phi) is 6.69. The Morgan fingerprint density at radius 2 is 1.83 bits per heavy atom. The highest BCUT2D eigenvalue weighted by molar-refractivity contribution is 5.94. The van der Waals surface area contributed by atoms with Crippen LogP contribution in [0.15, 0.2) is 53.5 Å². The zero-order chi connectivity index (χ0) is 20.7. The molecule has 1 fully saturated rings. The second-order valence-corrected chi connectivity index (χ2v) is 7.22. The molecule has 154 valence electrons. The first-order valence-electron chi connectivity index (χ1n) is 9.88. The lowest BCUT2D eigenvalue weighted by Gasteiger charge is -2.16. The van der Waals surface area contributed by atoms with Gasteiger partial charge in [0, 0.05) is 30.6 Å². The van der Waals surface area contributed by atoms with Crippen LogP contribution in [0.25, 0.3) is 0 Å². The maximum Gasteiger partial charge on any atom is 0.251 e. The predicted octanol–water partition coefficient (Wildman–Crippen LogP) is 2.55. The Morgan fingerprint density at radius 1 is 1.10 bits per heavy atom. The van der Waals surface area contributed by atoms with Crippen molar-refractivity contribution in [2.24, 2.45) is 4.99 Å². The van der Waals surface area contributed by atoms with Gasteiger partial charge in [0.05, 0.1) is 6.54 Å². The summed E-state index contributed by atoms with van der Waals surface area (Å²) in [5, 5.41) is 18.5. The van der Waals surface area contributed by atoms with E-state index in [9.17, 15) is 14.3 Å². The van der Waals surface area contributed by atoms with Gasteiger partial charge in [-0.1, -0.05) is 12.1 Å². The number of aromatic hydroxyl groups is 1. The molecular formula is C22H27FN4O2. The van der Waals surface area contributed by atoms with Gasteiger partial charge in [-0.05, 0) is 61.7 Å². The first kappa shape index (κ1) is 20.6. The first-order chi connectivity index (χ1) is 14.0. The van der Waals surface area contributed by atoms with Gasteiger partial charge in [-0.25, -0.2) is 4.39 Å². The van der Waals surface area contributed by atoms with Crippen molar-refractivity contribution in [2.45, 2.75) is 25.2 Å². The van der Waals surface area contributed by atoms with E-state index in [1.807, 2.05) is 13.0 Å². The minimum Gasteiger partial charge on any atom is -0.508 e. The lowest BCUT2D eigenvalue weighted by Crippen LogP contribution is -2.42. The smallest absolute Gasteiger partial charge is 0.251 e. The number of benzene rings is 2. The number of hydrogen-bond acceptors (Lipinski definition) is 3. The summed E-state index contributed by atoms with van der Waals surface area (Å²) in [7, 11) is 0. The third-order valence-corrected chi connectivity index (χ3v) is 5.01. The molecule has 1 saturated carbocycles. The lowest BCUT2D eigenvalue weighted by molar-refractivity contribution is 0.0954. The summed E-state index contributed by atoms with van der Waals surface area (Å²) >= 11 is 0. The molecule has 0 radical (unpaired) electrons. The van der Waals surface area contributed by atoms with Gasteiger partial charge in [-0.15, -0.1) is 0 Å². The van der Waals surface area contributed by atoms with Crippen LogP contribution in [0.3, 0.4) is 0 Å². The molecule has 0 saturated heterocycles. The zero-order valence-electron chi connectivity index (χ0n) is 16.5. The number of halogens is 1. The molecule has 0 aromatic heterocycles. The van der Waals surface area contributed by atoms with Gasteiger partial charge in [0.25, 0.3) is 5.91 Å². The van der Waals surface area contributed by atoms with Crippen molar-refractivity contribution in [3.63, 3.8) is 0 Å². The number of rotatable bonds is 8. The molecule has 2 aromatic rings. The van der Waals surface area contributed by atoms with Crippen LogP contribution in [-0.4, -0.2) is 43.2 Å². The molecule has 7 heteroatoms. The monoisotopic (exact) mass is 398 g/mol. The molecule has 1 aliphatic carbocycles. The fraction of sp³-hybridized carbons (Fsp3) is 0.364. The van der Waals surface area contributed by atoms with Crippen molar-refractivity contribution >= 4 is 11.9 Å². The summed E-state index contributed by atoms with van der Waals surface area (Å²) in [5.41, 5.74) is 1.42. The van der Waals surface area contributed by atoms with E-state index >= 15 is 0 Å². The summed E-state index contributed by atoms with van der Waals surface area (Å²) in [6.45, 7) is 4.25. The number of carbonyl (C=O) groups is 1. The summed E-state index contributed by atoms with van der Waals surface area (Å²) in [6, 6.07) is 12.9. The molecule has 0 unspecified atom stereocenters. The molecule has 4 N–H and O–H groups in total. The van der Waals surface area contributed by atoms with Crippen molar-refractivity contribution in [2.75, 3.05) is 26.2 Å². The number of amides is 1. The number of aliphatic imine (C=N–C) groups is 1. The topological polar surface area (TPSA) is 85.8 Å². The van der Waals surface area contributed by atoms with Crippen LogP contribution in [0.2, 0.25) is 0 Å². The largest absolute Gasteiger partial charge is 0.508 e. The third kappa shape index (κ3) is 5.70. The van der Waals surface area contributed by atoms with Gasteiger partial charge in [0.15, 0.2) is 5.96 Å². The van der Waals surface area contributed by atoms with Crippen molar-refractivity contribution < 1.29 is 14.3 Å². The van der Waals surface area contributed by atoms with Crippen molar-refractivity contribution in [3.05, 3.63) is 65.5 Å². The Morgan fingerprint density at radius 3 is 2.48 bits per heavy atom. The lowest BCUT2D eigenvalue weighted by atomic mass is 9.96. The fourth-order valence-corrected chi connectivity index (χ4v) is 3.15. The molecule has 0 aliphatic heterocycles. The zero-order valence-corrected chi connectivity index (χ0v) is 16.5. The maximum atomic E-state index is 13.6. The number of phenolic OH excluding ortho intramolecular Hbond substituents is 1. The minimum absolute atomic E-state index is 0.0719. The van der Waals surface area contributed by atoms with Gasteiger partial charge in [-0.2, -0.15) is 0 Å². The van der Waals surface area contributed by atoms with Gasteiger partial charge in [0.1, 0.15) is 11.6 Å². The van der Waals surface area contributed by atoms with Crippen LogP contribution >= 0.6 is 0 Å². The van der Waals surface area contributed by atoms with Crippen LogP contribution in [0.1, 0.15) is 35.7 Å². The fourth-order valence-electron chi connectivity index (χ4n) is 3.15.